The topological polar surface area (TPSA) is 48.1 Å². The number of anilines is 1. The Bertz CT molecular complexity index is 885. The number of urea groups is 1. The molecule has 0 fully saturated rings. The van der Waals surface area contributed by atoms with Crippen LogP contribution < -0.4 is 10.2 Å². The molecule has 0 saturated carbocycles. The fourth-order valence-corrected chi connectivity index (χ4v) is 3.53. The number of carbonyl (C=O) groups is 1. The lowest BCUT2D eigenvalue weighted by Crippen LogP contribution is -2.40. The van der Waals surface area contributed by atoms with E-state index in [0.717, 1.165) is 66.5 Å². The van der Waals surface area contributed by atoms with Gasteiger partial charge < -0.3 is 10.3 Å². The van der Waals surface area contributed by atoms with Crippen LogP contribution in [0.25, 0.3) is 10.9 Å². The fraction of sp³-hybridized carbons (Fsp3) is 0.375. The van der Waals surface area contributed by atoms with Crippen molar-refractivity contribution in [2.45, 2.75) is 52.5 Å². The highest BCUT2D eigenvalue weighted by atomic mass is 16.2. The quantitative estimate of drug-likeness (QED) is 0.470. The second kappa shape index (κ2) is 9.98. The van der Waals surface area contributed by atoms with Crippen molar-refractivity contribution in [1.82, 2.24) is 10.3 Å². The molecular weight excluding hydrogens is 346 g/mol. The van der Waals surface area contributed by atoms with E-state index in [4.69, 9.17) is 0 Å². The monoisotopic (exact) mass is 377 g/mol. The molecule has 3 aromatic rings. The van der Waals surface area contributed by atoms with Crippen molar-refractivity contribution >= 4 is 22.6 Å². The minimum atomic E-state index is -0.0280. The molecule has 148 valence electrons. The van der Waals surface area contributed by atoms with Gasteiger partial charge in [-0.15, -0.1) is 0 Å². The Morgan fingerprint density at radius 3 is 2.43 bits per heavy atom. The first-order valence-corrected chi connectivity index (χ1v) is 10.4. The largest absolute Gasteiger partial charge is 0.357 e. The summed E-state index contributed by atoms with van der Waals surface area (Å²) >= 11 is 0. The van der Waals surface area contributed by atoms with E-state index in [9.17, 15) is 4.79 Å². The molecule has 0 saturated heterocycles. The minimum absolute atomic E-state index is 0.0280. The number of para-hydroxylation sites is 1. The lowest BCUT2D eigenvalue weighted by atomic mass is 10.1. The molecule has 0 radical (unpaired) electrons. The molecule has 2 aromatic carbocycles. The molecule has 0 spiro atoms. The third-order valence-electron chi connectivity index (χ3n) is 5.07. The maximum atomic E-state index is 13.2. The minimum Gasteiger partial charge on any atom is -0.357 e. The maximum absolute atomic E-state index is 13.2. The van der Waals surface area contributed by atoms with Crippen LogP contribution in [0.15, 0.2) is 54.6 Å². The zero-order valence-electron chi connectivity index (χ0n) is 17.0. The smallest absolute Gasteiger partial charge is 0.322 e. The molecule has 0 aliphatic heterocycles. The van der Waals surface area contributed by atoms with E-state index >= 15 is 0 Å². The number of fused-ring (bicyclic) bond motifs is 1. The normalized spacial score (nSPS) is 10.9. The van der Waals surface area contributed by atoms with Crippen LogP contribution in [-0.2, 0) is 13.0 Å². The van der Waals surface area contributed by atoms with Crippen molar-refractivity contribution in [1.29, 1.82) is 0 Å². The Morgan fingerprint density at radius 1 is 0.964 bits per heavy atom. The fourth-order valence-electron chi connectivity index (χ4n) is 3.53. The maximum Gasteiger partial charge on any atom is 0.322 e. The number of benzene rings is 2. The van der Waals surface area contributed by atoms with Gasteiger partial charge in [0.2, 0.25) is 0 Å². The second-order valence-electron chi connectivity index (χ2n) is 7.25. The van der Waals surface area contributed by atoms with Crippen molar-refractivity contribution in [3.63, 3.8) is 0 Å². The van der Waals surface area contributed by atoms with Gasteiger partial charge in [-0.1, -0.05) is 75.2 Å². The van der Waals surface area contributed by atoms with E-state index in [-0.39, 0.29) is 6.03 Å². The molecule has 1 aromatic heterocycles. The Labute approximate surface area is 167 Å². The number of H-pyrrole nitrogens is 1. The molecule has 2 N–H and O–H groups in total. The van der Waals surface area contributed by atoms with Gasteiger partial charge in [0.1, 0.15) is 0 Å². The first-order valence-electron chi connectivity index (χ1n) is 10.4. The van der Waals surface area contributed by atoms with Gasteiger partial charge in [-0.25, -0.2) is 4.79 Å². The van der Waals surface area contributed by atoms with Gasteiger partial charge in [-0.05, 0) is 30.9 Å². The highest BCUT2D eigenvalue weighted by molar-refractivity contribution is 6.04. The molecule has 4 heteroatoms. The van der Waals surface area contributed by atoms with Crippen LogP contribution in [0, 0.1) is 0 Å². The number of nitrogens with one attached hydrogen (secondary N) is 2. The van der Waals surface area contributed by atoms with Crippen LogP contribution in [0.3, 0.4) is 0 Å². The van der Waals surface area contributed by atoms with Crippen LogP contribution in [0.4, 0.5) is 10.5 Å². The SMILES string of the molecule is CCCCc1[nH]c2ccccc2c1N(CCCC)C(=O)NCc1ccccc1. The molecule has 0 aliphatic rings. The number of aryl methyl sites for hydroxylation is 1. The van der Waals surface area contributed by atoms with Gasteiger partial charge >= 0.3 is 6.03 Å². The summed E-state index contributed by atoms with van der Waals surface area (Å²) in [6, 6.07) is 18.3. The van der Waals surface area contributed by atoms with Crippen LogP contribution in [-0.4, -0.2) is 17.6 Å². The number of hydrogen-bond acceptors (Lipinski definition) is 1. The molecule has 4 nitrogen and oxygen atoms in total. The summed E-state index contributed by atoms with van der Waals surface area (Å²) in [6.07, 6.45) is 5.22. The summed E-state index contributed by atoms with van der Waals surface area (Å²) in [5.41, 5.74) is 4.41. The van der Waals surface area contributed by atoms with Crippen LogP contribution in [0.2, 0.25) is 0 Å². The summed E-state index contributed by atoms with van der Waals surface area (Å²) in [4.78, 5) is 18.7. The number of rotatable bonds is 9. The Hall–Kier alpha value is -2.75. The first kappa shape index (κ1) is 20.0. The number of aromatic nitrogens is 1. The van der Waals surface area contributed by atoms with Gasteiger partial charge in [0, 0.05) is 29.7 Å². The van der Waals surface area contributed by atoms with Gasteiger partial charge in [0.15, 0.2) is 0 Å². The van der Waals surface area contributed by atoms with Gasteiger partial charge in [-0.3, -0.25) is 4.90 Å². The van der Waals surface area contributed by atoms with Crippen molar-refractivity contribution in [2.24, 2.45) is 0 Å². The Kier molecular flexibility index (Phi) is 7.12. The van der Waals surface area contributed by atoms with Gasteiger partial charge in [0.05, 0.1) is 5.69 Å². The highest BCUT2D eigenvalue weighted by Crippen LogP contribution is 2.32. The van der Waals surface area contributed by atoms with Gasteiger partial charge in [-0.2, -0.15) is 0 Å². The number of hydrogen-bond donors (Lipinski definition) is 2. The van der Waals surface area contributed by atoms with E-state index < -0.39 is 0 Å². The Morgan fingerprint density at radius 2 is 1.68 bits per heavy atom. The molecule has 1 heterocycles. The summed E-state index contributed by atoms with van der Waals surface area (Å²) in [5, 5.41) is 4.24. The third kappa shape index (κ3) is 4.75. The average Bonchev–Trinajstić information content (AvgIpc) is 3.10. The number of amides is 2. The first-order chi connectivity index (χ1) is 13.7. The highest BCUT2D eigenvalue weighted by Gasteiger charge is 2.22. The van der Waals surface area contributed by atoms with E-state index in [0.29, 0.717) is 6.54 Å². The van der Waals surface area contributed by atoms with Gasteiger partial charge in [0.25, 0.3) is 0 Å². The molecule has 28 heavy (non-hydrogen) atoms. The lowest BCUT2D eigenvalue weighted by molar-refractivity contribution is 0.246. The lowest BCUT2D eigenvalue weighted by Gasteiger charge is -2.24. The number of nitrogens with zero attached hydrogens (tertiary/aromatic N) is 1. The molecule has 3 rings (SSSR count). The van der Waals surface area contributed by atoms with E-state index in [1.807, 2.05) is 47.4 Å². The third-order valence-corrected chi connectivity index (χ3v) is 5.07. The van der Waals surface area contributed by atoms with E-state index in [1.165, 1.54) is 0 Å². The predicted octanol–water partition coefficient (Wildman–Crippen LogP) is 6.03. The van der Waals surface area contributed by atoms with Crippen LogP contribution >= 0.6 is 0 Å². The molecule has 2 amide bonds. The molecule has 0 aliphatic carbocycles. The predicted molar refractivity (Wildman–Crippen MR) is 118 cm³/mol. The van der Waals surface area contributed by atoms with Crippen molar-refractivity contribution in [3.05, 3.63) is 65.9 Å². The van der Waals surface area contributed by atoms with Crippen LogP contribution in [0.1, 0.15) is 50.8 Å². The van der Waals surface area contributed by atoms with Crippen LogP contribution in [0.5, 0.6) is 0 Å². The molecular formula is C24H31N3O. The van der Waals surface area contributed by atoms with Crippen molar-refractivity contribution in [3.8, 4) is 0 Å². The molecule has 0 bridgehead atoms. The molecule has 0 atom stereocenters. The summed E-state index contributed by atoms with van der Waals surface area (Å²) in [6.45, 7) is 5.62. The second-order valence-corrected chi connectivity index (χ2v) is 7.25. The Balaban J connectivity index is 1.90. The van der Waals surface area contributed by atoms with Crippen molar-refractivity contribution < 1.29 is 4.79 Å². The summed E-state index contributed by atoms with van der Waals surface area (Å²) < 4.78 is 0. The zero-order valence-corrected chi connectivity index (χ0v) is 17.0. The summed E-state index contributed by atoms with van der Waals surface area (Å²) in [7, 11) is 0. The van der Waals surface area contributed by atoms with E-state index in [2.05, 4.69) is 36.3 Å². The average molecular weight is 378 g/mol. The number of aromatic amines is 1. The number of carbonyl (C=O) groups excluding carboxylic acids is 1. The summed E-state index contributed by atoms with van der Waals surface area (Å²) in [5.74, 6) is 0. The number of unbranched alkanes of at least 4 members (excludes halogenated alkanes) is 2. The standard InChI is InChI=1S/C24H31N3O/c1-3-5-15-22-23(20-14-10-11-16-21(20)26-22)27(17-6-4-2)24(28)25-18-19-12-8-7-9-13-19/h7-14,16,26H,3-6,15,17-18H2,1-2H3,(H,25,28). The van der Waals surface area contributed by atoms with E-state index in [1.54, 1.807) is 0 Å². The van der Waals surface area contributed by atoms with Crippen molar-refractivity contribution in [2.75, 3.05) is 11.4 Å². The zero-order chi connectivity index (χ0) is 19.8. The molecule has 0 unspecified atom stereocenters.